The quantitative estimate of drug-likeness (QED) is 0.0618. The van der Waals surface area contributed by atoms with Gasteiger partial charge in [-0.1, -0.05) is 88.8 Å². The summed E-state index contributed by atoms with van der Waals surface area (Å²) in [6.45, 7) is 4.38. The summed E-state index contributed by atoms with van der Waals surface area (Å²) in [6.07, 6.45) is 23.6. The number of quaternary nitrogens is 1. The van der Waals surface area contributed by atoms with Crippen LogP contribution in [0.2, 0.25) is 0 Å². The highest BCUT2D eigenvalue weighted by Gasteiger charge is 2.23. The molecule has 3 unspecified atom stereocenters. The summed E-state index contributed by atoms with van der Waals surface area (Å²) in [5.41, 5.74) is 0. The molecule has 0 spiro atoms. The molecule has 3 atom stereocenters. The molecule has 0 rings (SSSR count). The molecule has 0 aliphatic carbocycles. The normalized spacial score (nSPS) is 15.8. The number of phosphoric ester groups is 1. The van der Waals surface area contributed by atoms with Gasteiger partial charge in [0, 0.05) is 6.42 Å². The van der Waals surface area contributed by atoms with Crippen molar-refractivity contribution in [3.8, 4) is 0 Å². The molecule has 0 aromatic carbocycles. The van der Waals surface area contributed by atoms with Gasteiger partial charge in [0.1, 0.15) is 13.2 Å². The number of hydrogen-bond donors (Lipinski definition) is 2. The second kappa shape index (κ2) is 23.4. The summed E-state index contributed by atoms with van der Waals surface area (Å²) < 4.78 is 22.8. The molecule has 8 nitrogen and oxygen atoms in total. The zero-order valence-electron chi connectivity index (χ0n) is 25.3. The van der Waals surface area contributed by atoms with Crippen molar-refractivity contribution < 1.29 is 32.9 Å². The number of allylic oxidation sites excluding steroid dienone is 5. The number of nitrogens with one attached hydrogen (secondary N) is 1. The molecular weight excluding hydrogens is 515 g/mol. The predicted molar refractivity (Wildman–Crippen MR) is 159 cm³/mol. The highest BCUT2D eigenvalue weighted by molar-refractivity contribution is 7.45. The van der Waals surface area contributed by atoms with E-state index in [4.69, 9.17) is 9.05 Å². The molecule has 0 aliphatic rings. The van der Waals surface area contributed by atoms with Crippen LogP contribution in [0.25, 0.3) is 0 Å². The SMILES string of the molecule is CC/C=C/CC/C=C/CC/C=C/C(O)C(COP(=O)([O-])OCC[N+](C)(C)C)NC(=O)CCCCCCCCC. The lowest BCUT2D eigenvalue weighted by atomic mass is 10.1. The first-order valence-electron chi connectivity index (χ1n) is 14.9. The summed E-state index contributed by atoms with van der Waals surface area (Å²) in [5.74, 6) is -0.226. The number of hydrogen-bond acceptors (Lipinski definition) is 6. The van der Waals surface area contributed by atoms with Gasteiger partial charge in [0.05, 0.1) is 39.9 Å². The van der Waals surface area contributed by atoms with E-state index in [9.17, 15) is 19.4 Å². The van der Waals surface area contributed by atoms with Gasteiger partial charge in [0.15, 0.2) is 0 Å². The minimum atomic E-state index is -4.57. The average Bonchev–Trinajstić information content (AvgIpc) is 2.86. The number of rotatable bonds is 25. The Morgan fingerprint density at radius 2 is 1.46 bits per heavy atom. The van der Waals surface area contributed by atoms with E-state index in [2.05, 4.69) is 43.5 Å². The largest absolute Gasteiger partial charge is 0.756 e. The number of phosphoric acid groups is 1. The first-order valence-corrected chi connectivity index (χ1v) is 16.3. The second-order valence-electron chi connectivity index (χ2n) is 11.1. The number of likely N-dealkylation sites (N-methyl/N-ethyl adjacent to an activating group) is 1. The third-order valence-corrected chi connectivity index (χ3v) is 7.06. The molecule has 0 aromatic rings. The Morgan fingerprint density at radius 3 is 2.05 bits per heavy atom. The third-order valence-electron chi connectivity index (χ3n) is 6.09. The van der Waals surface area contributed by atoms with Crippen LogP contribution in [-0.2, 0) is 18.4 Å². The van der Waals surface area contributed by atoms with E-state index in [0.29, 0.717) is 17.4 Å². The molecule has 228 valence electrons. The topological polar surface area (TPSA) is 108 Å². The van der Waals surface area contributed by atoms with Crippen molar-refractivity contribution in [1.29, 1.82) is 0 Å². The van der Waals surface area contributed by atoms with E-state index in [-0.39, 0.29) is 12.5 Å². The Balaban J connectivity index is 4.79. The highest BCUT2D eigenvalue weighted by atomic mass is 31.2. The Morgan fingerprint density at radius 1 is 0.897 bits per heavy atom. The molecule has 0 bridgehead atoms. The molecule has 0 radical (unpaired) electrons. The van der Waals surface area contributed by atoms with Crippen molar-refractivity contribution in [3.63, 3.8) is 0 Å². The van der Waals surface area contributed by atoms with Crippen molar-refractivity contribution in [2.24, 2.45) is 0 Å². The van der Waals surface area contributed by atoms with Gasteiger partial charge in [-0.2, -0.15) is 0 Å². The van der Waals surface area contributed by atoms with E-state index in [1.807, 2.05) is 27.2 Å². The van der Waals surface area contributed by atoms with Gasteiger partial charge in [-0.05, 0) is 38.5 Å². The van der Waals surface area contributed by atoms with E-state index < -0.39 is 26.6 Å². The molecule has 0 fully saturated rings. The van der Waals surface area contributed by atoms with Crippen LogP contribution >= 0.6 is 7.82 Å². The van der Waals surface area contributed by atoms with Crippen molar-refractivity contribution in [2.75, 3.05) is 40.9 Å². The third kappa shape index (κ3) is 25.4. The summed E-state index contributed by atoms with van der Waals surface area (Å²) in [5, 5.41) is 13.5. The number of aliphatic hydroxyl groups is 1. The zero-order chi connectivity index (χ0) is 29.4. The van der Waals surface area contributed by atoms with E-state index >= 15 is 0 Å². The number of unbranched alkanes of at least 4 members (excludes halogenated alkanes) is 8. The summed E-state index contributed by atoms with van der Waals surface area (Å²) >= 11 is 0. The van der Waals surface area contributed by atoms with E-state index in [1.54, 1.807) is 6.08 Å². The predicted octanol–water partition coefficient (Wildman–Crippen LogP) is 5.82. The molecule has 0 aliphatic heterocycles. The monoisotopic (exact) mass is 572 g/mol. The fourth-order valence-electron chi connectivity index (χ4n) is 3.66. The number of nitrogens with zero attached hydrogens (tertiary/aromatic N) is 1. The van der Waals surface area contributed by atoms with Gasteiger partial charge >= 0.3 is 0 Å². The molecule has 2 N–H and O–H groups in total. The van der Waals surface area contributed by atoms with Crippen LogP contribution < -0.4 is 10.2 Å². The lowest BCUT2D eigenvalue weighted by Crippen LogP contribution is -2.45. The maximum Gasteiger partial charge on any atom is 0.268 e. The van der Waals surface area contributed by atoms with Gasteiger partial charge in [-0.15, -0.1) is 0 Å². The molecule has 0 heterocycles. The van der Waals surface area contributed by atoms with Gasteiger partial charge in [-0.25, -0.2) is 0 Å². The zero-order valence-corrected chi connectivity index (χ0v) is 26.2. The lowest BCUT2D eigenvalue weighted by molar-refractivity contribution is -0.870. The van der Waals surface area contributed by atoms with Gasteiger partial charge in [0.25, 0.3) is 7.82 Å². The van der Waals surface area contributed by atoms with Crippen molar-refractivity contribution in [3.05, 3.63) is 36.5 Å². The molecule has 0 aromatic heterocycles. The Bertz CT molecular complexity index is 748. The van der Waals surface area contributed by atoms with E-state index in [0.717, 1.165) is 51.4 Å². The van der Waals surface area contributed by atoms with Crippen molar-refractivity contribution >= 4 is 13.7 Å². The highest BCUT2D eigenvalue weighted by Crippen LogP contribution is 2.38. The first kappa shape index (κ1) is 37.7. The molecule has 1 amide bonds. The van der Waals surface area contributed by atoms with Crippen molar-refractivity contribution in [1.82, 2.24) is 5.32 Å². The van der Waals surface area contributed by atoms with Crippen molar-refractivity contribution in [2.45, 2.75) is 109 Å². The maximum atomic E-state index is 12.5. The minimum Gasteiger partial charge on any atom is -0.756 e. The van der Waals surface area contributed by atoms with Crippen LogP contribution in [0.5, 0.6) is 0 Å². The molecule has 0 saturated heterocycles. The molecule has 9 heteroatoms. The minimum absolute atomic E-state index is 0.00950. The molecule has 0 saturated carbocycles. The Labute approximate surface area is 238 Å². The van der Waals surface area contributed by atoms with Crippen LogP contribution in [0.4, 0.5) is 0 Å². The van der Waals surface area contributed by atoms with Crippen LogP contribution in [-0.4, -0.2) is 68.5 Å². The smallest absolute Gasteiger partial charge is 0.268 e. The number of carbonyl (C=O) groups excluding carboxylic acids is 1. The number of aliphatic hydroxyl groups excluding tert-OH is 1. The summed E-state index contributed by atoms with van der Waals surface area (Å²) in [4.78, 5) is 24.8. The fourth-order valence-corrected chi connectivity index (χ4v) is 4.38. The number of carbonyl (C=O) groups is 1. The summed E-state index contributed by atoms with van der Waals surface area (Å²) in [7, 11) is 1.22. The second-order valence-corrected chi connectivity index (χ2v) is 12.5. The van der Waals surface area contributed by atoms with Crippen LogP contribution in [0.15, 0.2) is 36.5 Å². The first-order chi connectivity index (χ1) is 18.5. The Hall–Kier alpha value is -1.28. The lowest BCUT2D eigenvalue weighted by Gasteiger charge is -2.29. The standard InChI is InChI=1S/C30H57N2O6P/c1-6-8-10-12-14-15-16-18-19-21-23-29(33)28(27-38-39(35,36)37-26-25-32(3,4)5)31-30(34)24-22-20-17-13-11-9-7-2/h8,10,15-16,21,23,28-29,33H,6-7,9,11-14,17-20,22,24-27H2,1-5H3,(H-,31,34,35,36)/b10-8+,16-15+,23-21+. The summed E-state index contributed by atoms with van der Waals surface area (Å²) in [6, 6.07) is -0.900. The van der Waals surface area contributed by atoms with E-state index in [1.165, 1.54) is 25.7 Å². The van der Waals surface area contributed by atoms with Gasteiger partial charge in [0.2, 0.25) is 5.91 Å². The van der Waals surface area contributed by atoms with Gasteiger partial charge < -0.3 is 28.8 Å². The average molecular weight is 573 g/mol. The maximum absolute atomic E-state index is 12.5. The van der Waals surface area contributed by atoms with Gasteiger partial charge in [-0.3, -0.25) is 9.36 Å². The van der Waals surface area contributed by atoms with Crippen LogP contribution in [0.1, 0.15) is 97.3 Å². The Kier molecular flexibility index (Phi) is 22.7. The van der Waals surface area contributed by atoms with Crippen LogP contribution in [0, 0.1) is 0 Å². The molecule has 39 heavy (non-hydrogen) atoms. The molecular formula is C30H57N2O6P. The van der Waals surface area contributed by atoms with Crippen LogP contribution in [0.3, 0.4) is 0 Å². The fraction of sp³-hybridized carbons (Fsp3) is 0.767. The number of amides is 1.